The van der Waals surface area contributed by atoms with Crippen LogP contribution in [0, 0.1) is 13.8 Å². The Morgan fingerprint density at radius 1 is 1.16 bits per heavy atom. The summed E-state index contributed by atoms with van der Waals surface area (Å²) in [6.45, 7) is 9.94. The zero-order valence-electron chi connectivity index (χ0n) is 18.5. The number of aromatic nitrogens is 2. The van der Waals surface area contributed by atoms with Gasteiger partial charge in [0.1, 0.15) is 11.5 Å². The van der Waals surface area contributed by atoms with Crippen molar-refractivity contribution in [1.82, 2.24) is 19.8 Å². The van der Waals surface area contributed by atoms with Crippen molar-refractivity contribution in [3.8, 4) is 0 Å². The van der Waals surface area contributed by atoms with Crippen LogP contribution >= 0.6 is 11.5 Å². The van der Waals surface area contributed by atoms with Gasteiger partial charge in [-0.25, -0.2) is 0 Å². The zero-order chi connectivity index (χ0) is 22.6. The number of carbonyl (C=O) groups is 2. The zero-order valence-corrected chi connectivity index (χ0v) is 19.3. The molecule has 0 aliphatic rings. The van der Waals surface area contributed by atoms with Crippen LogP contribution in [0.1, 0.15) is 66.4 Å². The lowest BCUT2D eigenvalue weighted by molar-refractivity contribution is -0.128. The highest BCUT2D eigenvalue weighted by Crippen LogP contribution is 2.28. The van der Waals surface area contributed by atoms with Gasteiger partial charge < -0.3 is 14.6 Å². The van der Waals surface area contributed by atoms with Gasteiger partial charge in [-0.15, -0.1) is 5.10 Å². The van der Waals surface area contributed by atoms with Gasteiger partial charge in [0, 0.05) is 17.5 Å². The molecule has 0 aliphatic heterocycles. The van der Waals surface area contributed by atoms with Crippen molar-refractivity contribution in [3.63, 3.8) is 0 Å². The van der Waals surface area contributed by atoms with Gasteiger partial charge in [0.25, 0.3) is 11.8 Å². The van der Waals surface area contributed by atoms with Crippen molar-refractivity contribution in [2.45, 2.75) is 59.2 Å². The second-order valence-corrected chi connectivity index (χ2v) is 8.90. The maximum absolute atomic E-state index is 13.5. The van der Waals surface area contributed by atoms with Crippen LogP contribution in [0.5, 0.6) is 0 Å². The first-order valence-electron chi connectivity index (χ1n) is 10.2. The molecule has 0 bridgehead atoms. The van der Waals surface area contributed by atoms with E-state index in [1.165, 1.54) is 4.90 Å². The molecule has 0 radical (unpaired) electrons. The van der Waals surface area contributed by atoms with E-state index >= 15 is 0 Å². The quantitative estimate of drug-likeness (QED) is 0.560. The molecule has 2 amide bonds. The van der Waals surface area contributed by atoms with E-state index in [1.807, 2.05) is 58.9 Å². The smallest absolute Gasteiger partial charge is 0.276 e. The number of rotatable bonds is 8. The number of hydrogen-bond donors (Lipinski definition) is 1. The number of nitrogens with zero attached hydrogens (tertiary/aromatic N) is 3. The third-order valence-electron chi connectivity index (χ3n) is 5.25. The predicted molar refractivity (Wildman–Crippen MR) is 120 cm³/mol. The summed E-state index contributed by atoms with van der Waals surface area (Å²) in [7, 11) is 0. The van der Waals surface area contributed by atoms with E-state index in [1.54, 1.807) is 17.5 Å². The molecule has 0 aliphatic carbocycles. The fourth-order valence-corrected chi connectivity index (χ4v) is 3.52. The van der Waals surface area contributed by atoms with E-state index in [9.17, 15) is 9.59 Å². The average Bonchev–Trinajstić information content (AvgIpc) is 3.40. The first kappa shape index (κ1) is 22.7. The minimum Gasteiger partial charge on any atom is -0.464 e. The van der Waals surface area contributed by atoms with Crippen LogP contribution in [-0.4, -0.2) is 31.8 Å². The highest BCUT2D eigenvalue weighted by atomic mass is 32.1. The van der Waals surface area contributed by atoms with Crippen LogP contribution in [0.25, 0.3) is 0 Å². The van der Waals surface area contributed by atoms with E-state index in [-0.39, 0.29) is 24.1 Å². The maximum Gasteiger partial charge on any atom is 0.276 e. The number of amides is 2. The van der Waals surface area contributed by atoms with E-state index in [0.29, 0.717) is 11.5 Å². The first-order chi connectivity index (χ1) is 14.7. The van der Waals surface area contributed by atoms with Crippen LogP contribution in [0.3, 0.4) is 0 Å². The topological polar surface area (TPSA) is 88.3 Å². The lowest BCUT2D eigenvalue weighted by atomic mass is 10.0. The first-order valence-corrected chi connectivity index (χ1v) is 11.1. The van der Waals surface area contributed by atoms with Crippen molar-refractivity contribution in [1.29, 1.82) is 0 Å². The normalized spacial score (nSPS) is 12.4. The van der Waals surface area contributed by atoms with Gasteiger partial charge in [0.05, 0.1) is 0 Å². The van der Waals surface area contributed by atoms with Gasteiger partial charge in [0.15, 0.2) is 11.7 Å². The van der Waals surface area contributed by atoms with Crippen molar-refractivity contribution in [2.24, 2.45) is 0 Å². The Labute approximate surface area is 186 Å². The van der Waals surface area contributed by atoms with Crippen LogP contribution in [-0.2, 0) is 11.3 Å². The molecule has 0 saturated carbocycles. The standard InChI is InChI=1S/C23H28N4O3S/c1-6-23(4,5)24-21(28)20(19-12-9-16(3)30-19)27(22(29)18-14-31-26-25-18)13-17-10-7-15(2)8-11-17/h7-12,14,20H,6,13H2,1-5H3,(H,24,28)/t20-/m1/s1. The monoisotopic (exact) mass is 440 g/mol. The van der Waals surface area contributed by atoms with Gasteiger partial charge in [0.2, 0.25) is 0 Å². The van der Waals surface area contributed by atoms with Gasteiger partial charge >= 0.3 is 0 Å². The maximum atomic E-state index is 13.5. The second-order valence-electron chi connectivity index (χ2n) is 8.29. The molecule has 0 fully saturated rings. The van der Waals surface area contributed by atoms with Crippen LogP contribution in [0.15, 0.2) is 46.2 Å². The number of benzene rings is 1. The number of hydrogen-bond acceptors (Lipinski definition) is 6. The number of aryl methyl sites for hydroxylation is 2. The molecule has 164 valence electrons. The molecule has 2 aromatic heterocycles. The Bertz CT molecular complexity index is 1030. The Hall–Kier alpha value is -3.00. The van der Waals surface area contributed by atoms with Crippen molar-refractivity contribution < 1.29 is 14.0 Å². The molecule has 31 heavy (non-hydrogen) atoms. The Morgan fingerprint density at radius 3 is 2.42 bits per heavy atom. The summed E-state index contributed by atoms with van der Waals surface area (Å²) in [5, 5.41) is 8.59. The molecule has 8 heteroatoms. The molecule has 1 aromatic carbocycles. The molecule has 3 rings (SSSR count). The van der Waals surface area contributed by atoms with Crippen LogP contribution in [0.4, 0.5) is 0 Å². The van der Waals surface area contributed by atoms with E-state index in [4.69, 9.17) is 4.42 Å². The molecule has 0 spiro atoms. The SMILES string of the molecule is CCC(C)(C)NC(=O)[C@@H](c1ccc(C)o1)N(Cc1ccc(C)cc1)C(=O)c1csnn1. The van der Waals surface area contributed by atoms with Crippen molar-refractivity contribution >= 4 is 23.3 Å². The lowest BCUT2D eigenvalue weighted by Gasteiger charge is -2.33. The van der Waals surface area contributed by atoms with Gasteiger partial charge in [-0.05, 0) is 63.3 Å². The summed E-state index contributed by atoms with van der Waals surface area (Å²) >= 11 is 1.09. The van der Waals surface area contributed by atoms with Crippen LogP contribution < -0.4 is 5.32 Å². The minimum atomic E-state index is -0.949. The molecule has 0 unspecified atom stereocenters. The highest BCUT2D eigenvalue weighted by molar-refractivity contribution is 7.03. The summed E-state index contributed by atoms with van der Waals surface area (Å²) in [5.74, 6) is 0.397. The minimum absolute atomic E-state index is 0.202. The summed E-state index contributed by atoms with van der Waals surface area (Å²) in [4.78, 5) is 28.4. The number of furan rings is 1. The fourth-order valence-electron chi connectivity index (χ4n) is 3.09. The summed E-state index contributed by atoms with van der Waals surface area (Å²) < 4.78 is 9.65. The largest absolute Gasteiger partial charge is 0.464 e. The number of carbonyl (C=O) groups excluding carboxylic acids is 2. The van der Waals surface area contributed by atoms with E-state index in [0.717, 1.165) is 29.1 Å². The lowest BCUT2D eigenvalue weighted by Crippen LogP contribution is -2.50. The summed E-state index contributed by atoms with van der Waals surface area (Å²) in [6, 6.07) is 10.5. The Morgan fingerprint density at radius 2 is 1.87 bits per heavy atom. The Balaban J connectivity index is 2.05. The molecule has 1 atom stereocenters. The van der Waals surface area contributed by atoms with Gasteiger partial charge in [-0.1, -0.05) is 41.2 Å². The molecule has 2 heterocycles. The third-order valence-corrected chi connectivity index (χ3v) is 5.75. The van der Waals surface area contributed by atoms with Crippen molar-refractivity contribution in [2.75, 3.05) is 0 Å². The van der Waals surface area contributed by atoms with Crippen molar-refractivity contribution in [3.05, 3.63) is 70.1 Å². The van der Waals surface area contributed by atoms with Gasteiger partial charge in [-0.3, -0.25) is 9.59 Å². The van der Waals surface area contributed by atoms with Crippen LogP contribution in [0.2, 0.25) is 0 Å². The molecule has 7 nitrogen and oxygen atoms in total. The fraction of sp³-hybridized carbons (Fsp3) is 0.391. The molecular weight excluding hydrogens is 412 g/mol. The summed E-state index contributed by atoms with van der Waals surface area (Å²) in [5.41, 5.74) is 1.79. The second kappa shape index (κ2) is 9.43. The molecule has 1 N–H and O–H groups in total. The molecule has 0 saturated heterocycles. The average molecular weight is 441 g/mol. The highest BCUT2D eigenvalue weighted by Gasteiger charge is 2.37. The summed E-state index contributed by atoms with van der Waals surface area (Å²) in [6.07, 6.45) is 0.741. The molecule has 3 aromatic rings. The number of nitrogens with one attached hydrogen (secondary N) is 1. The molecular formula is C23H28N4O3S. The predicted octanol–water partition coefficient (Wildman–Crippen LogP) is 4.44. The van der Waals surface area contributed by atoms with E-state index < -0.39 is 11.6 Å². The third kappa shape index (κ3) is 5.58. The Kier molecular flexibility index (Phi) is 6.90. The van der Waals surface area contributed by atoms with Gasteiger partial charge in [-0.2, -0.15) is 0 Å². The van der Waals surface area contributed by atoms with E-state index in [2.05, 4.69) is 14.9 Å².